The highest BCUT2D eigenvalue weighted by Crippen LogP contribution is 2.24. The lowest BCUT2D eigenvalue weighted by molar-refractivity contribution is -0.132. The summed E-state index contributed by atoms with van der Waals surface area (Å²) in [4.78, 5) is 29.8. The molecule has 2 heterocycles. The van der Waals surface area contributed by atoms with Crippen molar-refractivity contribution in [3.63, 3.8) is 0 Å². The average molecular weight is 281 g/mol. The van der Waals surface area contributed by atoms with Crippen molar-refractivity contribution in [3.05, 3.63) is 0 Å². The second-order valence-electron chi connectivity index (χ2n) is 6.31. The van der Waals surface area contributed by atoms with Crippen LogP contribution in [0.2, 0.25) is 0 Å². The van der Waals surface area contributed by atoms with Gasteiger partial charge in [0.1, 0.15) is 0 Å². The highest BCUT2D eigenvalue weighted by atomic mass is 16.2. The monoisotopic (exact) mass is 281 g/mol. The van der Waals surface area contributed by atoms with Crippen LogP contribution in [0, 0.1) is 11.8 Å². The third-order valence-electron chi connectivity index (χ3n) is 4.65. The first-order valence-electron chi connectivity index (χ1n) is 7.75. The van der Waals surface area contributed by atoms with Crippen molar-refractivity contribution >= 4 is 11.8 Å². The van der Waals surface area contributed by atoms with Crippen molar-refractivity contribution < 1.29 is 9.59 Å². The Morgan fingerprint density at radius 1 is 1.15 bits per heavy atom. The third-order valence-corrected chi connectivity index (χ3v) is 4.65. The minimum atomic E-state index is 0.166. The van der Waals surface area contributed by atoms with Gasteiger partial charge in [-0.2, -0.15) is 0 Å². The van der Waals surface area contributed by atoms with E-state index < -0.39 is 0 Å². The van der Waals surface area contributed by atoms with E-state index in [1.54, 1.807) is 6.92 Å². The number of nitrogens with zero attached hydrogens (tertiary/aromatic N) is 3. The van der Waals surface area contributed by atoms with Crippen molar-refractivity contribution in [2.45, 2.75) is 27.2 Å². The van der Waals surface area contributed by atoms with Gasteiger partial charge in [0.2, 0.25) is 11.8 Å². The molecule has 2 aliphatic rings. The van der Waals surface area contributed by atoms with Crippen LogP contribution in [0.25, 0.3) is 0 Å². The van der Waals surface area contributed by atoms with E-state index in [0.717, 1.165) is 52.2 Å². The molecule has 0 N–H and O–H groups in total. The zero-order valence-corrected chi connectivity index (χ0v) is 13.0. The fourth-order valence-corrected chi connectivity index (χ4v) is 3.15. The molecule has 114 valence electrons. The zero-order chi connectivity index (χ0) is 14.7. The number of carbonyl (C=O) groups excluding carboxylic acids is 2. The summed E-state index contributed by atoms with van der Waals surface area (Å²) in [5.41, 5.74) is 0. The van der Waals surface area contributed by atoms with Crippen LogP contribution < -0.4 is 0 Å². The molecule has 0 spiro atoms. The molecule has 2 rings (SSSR count). The Bertz CT molecular complexity index is 362. The van der Waals surface area contributed by atoms with Gasteiger partial charge in [0.15, 0.2) is 0 Å². The number of rotatable bonds is 4. The molecule has 2 fully saturated rings. The molecule has 20 heavy (non-hydrogen) atoms. The normalized spacial score (nSPS) is 24.8. The summed E-state index contributed by atoms with van der Waals surface area (Å²) in [6.07, 6.45) is 1.01. The van der Waals surface area contributed by atoms with Gasteiger partial charge in [0.05, 0.1) is 0 Å². The van der Waals surface area contributed by atoms with E-state index in [2.05, 4.69) is 18.7 Å². The van der Waals surface area contributed by atoms with Crippen molar-refractivity contribution in [2.24, 2.45) is 11.8 Å². The number of carbonyl (C=O) groups is 2. The molecule has 1 unspecified atom stereocenters. The van der Waals surface area contributed by atoms with Gasteiger partial charge in [-0.15, -0.1) is 0 Å². The fourth-order valence-electron chi connectivity index (χ4n) is 3.15. The number of hydrogen-bond donors (Lipinski definition) is 0. The molecule has 5 nitrogen and oxygen atoms in total. The summed E-state index contributed by atoms with van der Waals surface area (Å²) in [5.74, 6) is 1.18. The number of piperazine rings is 1. The van der Waals surface area contributed by atoms with Crippen molar-refractivity contribution in [1.29, 1.82) is 0 Å². The van der Waals surface area contributed by atoms with Crippen LogP contribution in [0.1, 0.15) is 27.2 Å². The van der Waals surface area contributed by atoms with Crippen LogP contribution >= 0.6 is 0 Å². The van der Waals surface area contributed by atoms with Gasteiger partial charge in [0, 0.05) is 58.7 Å². The Morgan fingerprint density at radius 3 is 2.30 bits per heavy atom. The maximum atomic E-state index is 12.2. The molecule has 2 amide bonds. The molecule has 0 aromatic rings. The molecule has 0 bridgehead atoms. The quantitative estimate of drug-likeness (QED) is 0.760. The largest absolute Gasteiger partial charge is 0.341 e. The smallest absolute Gasteiger partial charge is 0.226 e. The Balaban J connectivity index is 1.72. The van der Waals surface area contributed by atoms with Crippen molar-refractivity contribution in [2.75, 3.05) is 45.8 Å². The van der Waals surface area contributed by atoms with Crippen LogP contribution in [-0.4, -0.2) is 72.3 Å². The number of likely N-dealkylation sites (tertiary alicyclic amines) is 1. The van der Waals surface area contributed by atoms with Crippen LogP contribution in [0.15, 0.2) is 0 Å². The lowest BCUT2D eigenvalue weighted by Crippen LogP contribution is -2.49. The van der Waals surface area contributed by atoms with E-state index in [1.165, 1.54) is 0 Å². The van der Waals surface area contributed by atoms with Gasteiger partial charge in [-0.25, -0.2) is 0 Å². The van der Waals surface area contributed by atoms with Gasteiger partial charge < -0.3 is 9.80 Å². The molecule has 2 aliphatic heterocycles. The second kappa shape index (κ2) is 6.57. The first-order valence-corrected chi connectivity index (χ1v) is 7.75. The molecule has 0 aromatic carbocycles. The van der Waals surface area contributed by atoms with Crippen LogP contribution in [0.4, 0.5) is 0 Å². The Hall–Kier alpha value is -1.10. The lowest BCUT2D eigenvalue weighted by atomic mass is 9.95. The minimum Gasteiger partial charge on any atom is -0.341 e. The van der Waals surface area contributed by atoms with Crippen LogP contribution in [0.3, 0.4) is 0 Å². The Labute approximate surface area is 121 Å². The van der Waals surface area contributed by atoms with Gasteiger partial charge in [-0.1, -0.05) is 13.8 Å². The van der Waals surface area contributed by atoms with E-state index in [9.17, 15) is 9.59 Å². The molecule has 1 atom stereocenters. The first kappa shape index (κ1) is 15.3. The van der Waals surface area contributed by atoms with Crippen molar-refractivity contribution in [3.8, 4) is 0 Å². The zero-order valence-electron chi connectivity index (χ0n) is 13.0. The van der Waals surface area contributed by atoms with Gasteiger partial charge >= 0.3 is 0 Å². The maximum absolute atomic E-state index is 12.2. The highest BCUT2D eigenvalue weighted by Gasteiger charge is 2.33. The van der Waals surface area contributed by atoms with E-state index in [-0.39, 0.29) is 11.8 Å². The average Bonchev–Trinajstić information content (AvgIpc) is 2.78. The van der Waals surface area contributed by atoms with E-state index in [0.29, 0.717) is 11.8 Å². The molecule has 0 aliphatic carbocycles. The topological polar surface area (TPSA) is 43.9 Å². The summed E-state index contributed by atoms with van der Waals surface area (Å²) in [6.45, 7) is 12.1. The third kappa shape index (κ3) is 3.51. The SMILES string of the molecule is CC(=O)N1CCN(CCN2CCC(C(C)C)C2=O)CC1. The summed E-state index contributed by atoms with van der Waals surface area (Å²) in [7, 11) is 0. The summed E-state index contributed by atoms with van der Waals surface area (Å²) in [6, 6.07) is 0. The first-order chi connectivity index (χ1) is 9.49. The highest BCUT2D eigenvalue weighted by molar-refractivity contribution is 5.81. The minimum absolute atomic E-state index is 0.166. The van der Waals surface area contributed by atoms with Crippen LogP contribution in [-0.2, 0) is 9.59 Å². The van der Waals surface area contributed by atoms with E-state index in [4.69, 9.17) is 0 Å². The fraction of sp³-hybridized carbons (Fsp3) is 0.867. The van der Waals surface area contributed by atoms with E-state index >= 15 is 0 Å². The summed E-state index contributed by atoms with van der Waals surface area (Å²) < 4.78 is 0. The van der Waals surface area contributed by atoms with Gasteiger partial charge in [0.25, 0.3) is 0 Å². The predicted molar refractivity (Wildman–Crippen MR) is 78.2 cm³/mol. The van der Waals surface area contributed by atoms with Crippen molar-refractivity contribution in [1.82, 2.24) is 14.7 Å². The molecule has 0 saturated carbocycles. The molecule has 5 heteroatoms. The van der Waals surface area contributed by atoms with Gasteiger partial charge in [-0.05, 0) is 12.3 Å². The predicted octanol–water partition coefficient (Wildman–Crippen LogP) is 0.655. The molecule has 2 saturated heterocycles. The van der Waals surface area contributed by atoms with E-state index in [1.807, 2.05) is 9.80 Å². The standard InChI is InChI=1S/C15H27N3O2/c1-12(2)14-4-5-18(15(14)20)11-8-16-6-9-17(10-7-16)13(3)19/h12,14H,4-11H2,1-3H3. The van der Waals surface area contributed by atoms with Crippen LogP contribution in [0.5, 0.6) is 0 Å². The molecular weight excluding hydrogens is 254 g/mol. The maximum Gasteiger partial charge on any atom is 0.226 e. The van der Waals surface area contributed by atoms with Gasteiger partial charge in [-0.3, -0.25) is 14.5 Å². The number of amides is 2. The number of hydrogen-bond acceptors (Lipinski definition) is 3. The summed E-state index contributed by atoms with van der Waals surface area (Å²) >= 11 is 0. The molecule has 0 radical (unpaired) electrons. The Morgan fingerprint density at radius 2 is 1.80 bits per heavy atom. The lowest BCUT2D eigenvalue weighted by Gasteiger charge is -2.35. The Kier molecular flexibility index (Phi) is 5.02. The second-order valence-corrected chi connectivity index (χ2v) is 6.31. The molecule has 0 aromatic heterocycles. The molecular formula is C15H27N3O2. The summed E-state index contributed by atoms with van der Waals surface area (Å²) in [5, 5.41) is 0.